The lowest BCUT2D eigenvalue weighted by atomic mass is 10.2. The molecule has 1 aliphatic rings. The van der Waals surface area contributed by atoms with Crippen LogP contribution in [0.5, 0.6) is 0 Å². The van der Waals surface area contributed by atoms with E-state index < -0.39 is 0 Å². The van der Waals surface area contributed by atoms with Crippen molar-refractivity contribution in [3.63, 3.8) is 0 Å². The fourth-order valence-electron chi connectivity index (χ4n) is 2.85. The Morgan fingerprint density at radius 2 is 1.82 bits per heavy atom. The summed E-state index contributed by atoms with van der Waals surface area (Å²) in [5.41, 5.74) is 1.53. The number of benzene rings is 1. The lowest BCUT2D eigenvalue weighted by Gasteiger charge is -2.33. The van der Waals surface area contributed by atoms with Gasteiger partial charge in [0.1, 0.15) is 5.82 Å². The van der Waals surface area contributed by atoms with Gasteiger partial charge in [0.05, 0.1) is 18.4 Å². The predicted octanol–water partition coefficient (Wildman–Crippen LogP) is 1.60. The highest BCUT2D eigenvalue weighted by Crippen LogP contribution is 2.15. The zero-order chi connectivity index (χ0) is 19.8. The van der Waals surface area contributed by atoms with E-state index >= 15 is 0 Å². The molecule has 0 bridgehead atoms. The Labute approximate surface area is 165 Å². The van der Waals surface area contributed by atoms with Crippen LogP contribution in [0, 0.1) is 0 Å². The van der Waals surface area contributed by atoms with Crippen LogP contribution in [-0.2, 0) is 9.59 Å². The molecule has 3 rings (SSSR count). The summed E-state index contributed by atoms with van der Waals surface area (Å²) in [6.07, 6.45) is 4.76. The van der Waals surface area contributed by atoms with E-state index in [0.29, 0.717) is 5.69 Å². The molecule has 0 atom stereocenters. The lowest BCUT2D eigenvalue weighted by molar-refractivity contribution is -0.121. The molecule has 146 valence electrons. The second-order valence-electron chi connectivity index (χ2n) is 6.71. The van der Waals surface area contributed by atoms with E-state index in [1.54, 1.807) is 12.3 Å². The summed E-state index contributed by atoms with van der Waals surface area (Å²) in [4.78, 5) is 32.8. The number of likely N-dealkylation sites (N-methyl/N-ethyl adjacent to an activating group) is 1. The highest BCUT2D eigenvalue weighted by atomic mass is 16.2. The normalized spacial score (nSPS) is 14.8. The number of rotatable bonds is 6. The standard InChI is InChI=1S/C21H25N5O2/c1-25-11-13-26(14-12-25)19-9-8-18(15-22-19)24-21(28)16-23-20(27)10-7-17-5-3-2-4-6-17/h2-10,15H,11-14,16H2,1H3,(H,23,27)(H,24,28)/b10-7+. The van der Waals surface area contributed by atoms with Gasteiger partial charge in [-0.3, -0.25) is 9.59 Å². The van der Waals surface area contributed by atoms with Crippen molar-refractivity contribution in [2.24, 2.45) is 0 Å². The number of anilines is 2. The van der Waals surface area contributed by atoms with E-state index in [4.69, 9.17) is 0 Å². The molecular formula is C21H25N5O2. The summed E-state index contributed by atoms with van der Waals surface area (Å²) in [7, 11) is 2.11. The number of hydrogen-bond donors (Lipinski definition) is 2. The third-order valence-electron chi connectivity index (χ3n) is 4.51. The predicted molar refractivity (Wildman–Crippen MR) is 111 cm³/mol. The molecule has 1 saturated heterocycles. The van der Waals surface area contributed by atoms with E-state index in [1.165, 1.54) is 6.08 Å². The van der Waals surface area contributed by atoms with Crippen molar-refractivity contribution in [1.29, 1.82) is 0 Å². The van der Waals surface area contributed by atoms with Crippen molar-refractivity contribution in [3.05, 3.63) is 60.3 Å². The second kappa shape index (κ2) is 9.66. The van der Waals surface area contributed by atoms with Crippen molar-refractivity contribution >= 4 is 29.4 Å². The average Bonchev–Trinajstić information content (AvgIpc) is 2.73. The summed E-state index contributed by atoms with van der Waals surface area (Å²) in [6.45, 7) is 3.81. The molecule has 1 fully saturated rings. The largest absolute Gasteiger partial charge is 0.354 e. The number of hydrogen-bond acceptors (Lipinski definition) is 5. The van der Waals surface area contributed by atoms with E-state index in [-0.39, 0.29) is 18.4 Å². The van der Waals surface area contributed by atoms with Gasteiger partial charge >= 0.3 is 0 Å². The van der Waals surface area contributed by atoms with Crippen molar-refractivity contribution in [2.45, 2.75) is 0 Å². The maximum absolute atomic E-state index is 12.0. The Kier molecular flexibility index (Phi) is 6.75. The topological polar surface area (TPSA) is 77.6 Å². The minimum absolute atomic E-state index is 0.0990. The van der Waals surface area contributed by atoms with Crippen molar-refractivity contribution < 1.29 is 9.59 Å². The van der Waals surface area contributed by atoms with Crippen molar-refractivity contribution in [2.75, 3.05) is 50.0 Å². The molecule has 0 saturated carbocycles. The number of piperazine rings is 1. The summed E-state index contributed by atoms with van der Waals surface area (Å²) in [5, 5.41) is 5.31. The number of pyridine rings is 1. The van der Waals surface area contributed by atoms with Crippen LogP contribution < -0.4 is 15.5 Å². The quantitative estimate of drug-likeness (QED) is 0.746. The van der Waals surface area contributed by atoms with Gasteiger partial charge in [0.2, 0.25) is 11.8 Å². The van der Waals surface area contributed by atoms with Crippen molar-refractivity contribution in [3.8, 4) is 0 Å². The molecule has 0 unspecified atom stereocenters. The smallest absolute Gasteiger partial charge is 0.244 e. The highest BCUT2D eigenvalue weighted by Gasteiger charge is 2.15. The molecule has 2 N–H and O–H groups in total. The number of carbonyl (C=O) groups excluding carboxylic acids is 2. The zero-order valence-corrected chi connectivity index (χ0v) is 16.0. The second-order valence-corrected chi connectivity index (χ2v) is 6.71. The summed E-state index contributed by atoms with van der Waals surface area (Å²) in [5.74, 6) is 0.295. The Morgan fingerprint density at radius 1 is 1.07 bits per heavy atom. The van der Waals surface area contributed by atoms with Gasteiger partial charge in [0.25, 0.3) is 0 Å². The Bertz CT molecular complexity index is 812. The number of carbonyl (C=O) groups is 2. The van der Waals surface area contributed by atoms with Crippen LogP contribution in [0.1, 0.15) is 5.56 Å². The maximum atomic E-state index is 12.0. The average molecular weight is 379 g/mol. The molecule has 2 aromatic rings. The first kappa shape index (κ1) is 19.6. The van der Waals surface area contributed by atoms with E-state index in [0.717, 1.165) is 37.6 Å². The van der Waals surface area contributed by atoms with Gasteiger partial charge in [-0.05, 0) is 30.8 Å². The van der Waals surface area contributed by atoms with Gasteiger partial charge in [-0.1, -0.05) is 30.3 Å². The van der Waals surface area contributed by atoms with Crippen LogP contribution in [0.15, 0.2) is 54.7 Å². The summed E-state index contributed by atoms with van der Waals surface area (Å²) in [6, 6.07) is 13.2. The molecule has 0 aliphatic carbocycles. The molecule has 0 spiro atoms. The maximum Gasteiger partial charge on any atom is 0.244 e. The summed E-state index contributed by atoms with van der Waals surface area (Å²) >= 11 is 0. The first-order valence-corrected chi connectivity index (χ1v) is 9.30. The fourth-order valence-corrected chi connectivity index (χ4v) is 2.85. The molecular weight excluding hydrogens is 354 g/mol. The van der Waals surface area contributed by atoms with Crippen LogP contribution in [0.2, 0.25) is 0 Å². The minimum Gasteiger partial charge on any atom is -0.354 e. The third kappa shape index (κ3) is 5.92. The Hall–Kier alpha value is -3.19. The molecule has 2 amide bonds. The Balaban J connectivity index is 1.43. The molecule has 1 aromatic carbocycles. The monoisotopic (exact) mass is 379 g/mol. The van der Waals surface area contributed by atoms with Crippen LogP contribution in [-0.4, -0.2) is 61.5 Å². The van der Waals surface area contributed by atoms with Gasteiger partial charge in [0, 0.05) is 32.3 Å². The molecule has 7 nitrogen and oxygen atoms in total. The molecule has 2 heterocycles. The van der Waals surface area contributed by atoms with E-state index in [9.17, 15) is 9.59 Å². The Morgan fingerprint density at radius 3 is 2.50 bits per heavy atom. The van der Waals surface area contributed by atoms with Gasteiger partial charge in [-0.15, -0.1) is 0 Å². The third-order valence-corrected chi connectivity index (χ3v) is 4.51. The SMILES string of the molecule is CN1CCN(c2ccc(NC(=O)CNC(=O)/C=C/c3ccccc3)cn2)CC1. The number of aromatic nitrogens is 1. The summed E-state index contributed by atoms with van der Waals surface area (Å²) < 4.78 is 0. The molecule has 1 aliphatic heterocycles. The number of nitrogens with one attached hydrogen (secondary N) is 2. The molecule has 0 radical (unpaired) electrons. The zero-order valence-electron chi connectivity index (χ0n) is 16.0. The molecule has 7 heteroatoms. The van der Waals surface area contributed by atoms with Crippen molar-refractivity contribution in [1.82, 2.24) is 15.2 Å². The number of amides is 2. The van der Waals surface area contributed by atoms with Crippen LogP contribution in [0.25, 0.3) is 6.08 Å². The fraction of sp³-hybridized carbons (Fsp3) is 0.286. The first-order chi connectivity index (χ1) is 13.6. The van der Waals surface area contributed by atoms with Crippen LogP contribution >= 0.6 is 0 Å². The lowest BCUT2D eigenvalue weighted by Crippen LogP contribution is -2.44. The van der Waals surface area contributed by atoms with Gasteiger partial charge in [-0.25, -0.2) is 4.98 Å². The first-order valence-electron chi connectivity index (χ1n) is 9.30. The highest BCUT2D eigenvalue weighted by molar-refractivity contribution is 5.97. The van der Waals surface area contributed by atoms with Crippen LogP contribution in [0.3, 0.4) is 0 Å². The van der Waals surface area contributed by atoms with Crippen LogP contribution in [0.4, 0.5) is 11.5 Å². The van der Waals surface area contributed by atoms with Gasteiger partial charge in [0.15, 0.2) is 0 Å². The molecule has 28 heavy (non-hydrogen) atoms. The van der Waals surface area contributed by atoms with Gasteiger partial charge < -0.3 is 20.4 Å². The molecule has 1 aromatic heterocycles. The number of nitrogens with zero attached hydrogens (tertiary/aromatic N) is 3. The minimum atomic E-state index is -0.317. The van der Waals surface area contributed by atoms with Gasteiger partial charge in [-0.2, -0.15) is 0 Å². The van der Waals surface area contributed by atoms with E-state index in [1.807, 2.05) is 42.5 Å². The van der Waals surface area contributed by atoms with E-state index in [2.05, 4.69) is 32.5 Å².